The van der Waals surface area contributed by atoms with Gasteiger partial charge < -0.3 is 14.4 Å². The molecule has 4 aromatic rings. The van der Waals surface area contributed by atoms with Gasteiger partial charge in [-0.05, 0) is 73.9 Å². The fourth-order valence-corrected chi connectivity index (χ4v) is 7.34. The molecule has 0 radical (unpaired) electrons. The van der Waals surface area contributed by atoms with Crippen LogP contribution in [0.4, 0.5) is 23.2 Å². The molecule has 0 saturated heterocycles. The first kappa shape index (κ1) is 34.4. The van der Waals surface area contributed by atoms with Crippen LogP contribution >= 0.6 is 27.5 Å². The number of alkyl halides is 4. The van der Waals surface area contributed by atoms with E-state index < -0.39 is 57.7 Å². The molecule has 0 fully saturated rings. The minimum absolute atomic E-state index is 0.123. The molecule has 2 heterocycles. The number of nitrogens with zero attached hydrogens (tertiary/aromatic N) is 2. The highest BCUT2D eigenvalue weighted by Crippen LogP contribution is 2.46. The third-order valence-electron chi connectivity index (χ3n) is 7.59. The summed E-state index contributed by atoms with van der Waals surface area (Å²) in [5.74, 6) is -3.23. The standard InChI is InChI=1S/C31H25BrClF4N3O6S/c1-15-11-16(14-47(43,44)39-28(42)31(2,3)20-12-17(32)7-8-21(20)33)6-9-22(15)40-13-19-23(27(40)41)25(45-29(34)35)18-5-4-10-38-24(18)26(19)46-30(36)37/h4-12,29-30H,13-14H2,1-3H3,(H,39,42). The maximum absolute atomic E-state index is 13.7. The van der Waals surface area contributed by atoms with Gasteiger partial charge in [0.2, 0.25) is 15.9 Å². The van der Waals surface area contributed by atoms with Crippen molar-refractivity contribution in [1.82, 2.24) is 9.71 Å². The Kier molecular flexibility index (Phi) is 9.45. The minimum atomic E-state index is -4.22. The Bertz CT molecular complexity index is 2030. The second kappa shape index (κ2) is 12.9. The number of hydrogen-bond donors (Lipinski definition) is 1. The first-order valence-corrected chi connectivity index (χ1v) is 16.6. The zero-order valence-electron chi connectivity index (χ0n) is 24.8. The number of amides is 2. The van der Waals surface area contributed by atoms with Gasteiger partial charge in [0.25, 0.3) is 5.91 Å². The fourth-order valence-electron chi connectivity index (χ4n) is 5.39. The summed E-state index contributed by atoms with van der Waals surface area (Å²) in [5.41, 5.74) is -0.729. The molecule has 0 bridgehead atoms. The van der Waals surface area contributed by atoms with Gasteiger partial charge in [-0.1, -0.05) is 39.7 Å². The van der Waals surface area contributed by atoms with E-state index in [2.05, 4.69) is 25.6 Å². The van der Waals surface area contributed by atoms with Crippen molar-refractivity contribution >= 4 is 66.0 Å². The summed E-state index contributed by atoms with van der Waals surface area (Å²) in [4.78, 5) is 32.0. The molecule has 1 aliphatic heterocycles. The van der Waals surface area contributed by atoms with Gasteiger partial charge in [-0.15, -0.1) is 0 Å². The lowest BCUT2D eigenvalue weighted by Gasteiger charge is -2.25. The summed E-state index contributed by atoms with van der Waals surface area (Å²) in [7, 11) is -4.22. The van der Waals surface area contributed by atoms with E-state index in [1.165, 1.54) is 50.4 Å². The van der Waals surface area contributed by atoms with E-state index in [1.807, 2.05) is 0 Å². The summed E-state index contributed by atoms with van der Waals surface area (Å²) < 4.78 is 92.2. The van der Waals surface area contributed by atoms with Crippen LogP contribution in [-0.2, 0) is 32.5 Å². The highest BCUT2D eigenvalue weighted by atomic mass is 79.9. The van der Waals surface area contributed by atoms with Crippen LogP contribution in [0.5, 0.6) is 11.5 Å². The third-order valence-corrected chi connectivity index (χ3v) is 9.62. The Balaban J connectivity index is 1.44. The molecule has 1 aromatic heterocycles. The highest BCUT2D eigenvalue weighted by Gasteiger charge is 2.39. The van der Waals surface area contributed by atoms with Gasteiger partial charge in [0.1, 0.15) is 11.3 Å². The lowest BCUT2D eigenvalue weighted by Crippen LogP contribution is -2.43. The van der Waals surface area contributed by atoms with E-state index in [9.17, 15) is 35.6 Å². The third kappa shape index (κ3) is 6.87. The summed E-state index contributed by atoms with van der Waals surface area (Å²) in [5, 5.41) is 0.155. The quantitative estimate of drug-likeness (QED) is 0.170. The van der Waals surface area contributed by atoms with Crippen LogP contribution in [0.2, 0.25) is 5.02 Å². The van der Waals surface area contributed by atoms with Crippen LogP contribution in [0.25, 0.3) is 10.9 Å². The first-order valence-electron chi connectivity index (χ1n) is 13.7. The normalized spacial score (nSPS) is 13.4. The van der Waals surface area contributed by atoms with Crippen LogP contribution in [0.1, 0.15) is 46.5 Å². The average Bonchev–Trinajstić information content (AvgIpc) is 3.31. The van der Waals surface area contributed by atoms with Crippen molar-refractivity contribution < 1.29 is 45.0 Å². The highest BCUT2D eigenvalue weighted by molar-refractivity contribution is 9.10. The zero-order chi connectivity index (χ0) is 34.4. The van der Waals surface area contributed by atoms with Gasteiger partial charge in [-0.25, -0.2) is 8.42 Å². The number of benzene rings is 3. The van der Waals surface area contributed by atoms with Gasteiger partial charge in [0, 0.05) is 32.3 Å². The second-order valence-corrected chi connectivity index (χ2v) is 14.2. The van der Waals surface area contributed by atoms with Crippen molar-refractivity contribution in [2.24, 2.45) is 0 Å². The minimum Gasteiger partial charge on any atom is -0.433 e. The van der Waals surface area contributed by atoms with Gasteiger partial charge in [-0.3, -0.25) is 19.3 Å². The number of aromatic nitrogens is 1. The molecule has 3 aromatic carbocycles. The summed E-state index contributed by atoms with van der Waals surface area (Å²) in [6, 6.07) is 11.9. The lowest BCUT2D eigenvalue weighted by atomic mass is 9.84. The monoisotopic (exact) mass is 757 g/mol. The number of aryl methyl sites for hydroxylation is 1. The Morgan fingerprint density at radius 1 is 1.09 bits per heavy atom. The molecule has 0 saturated carbocycles. The molecule has 248 valence electrons. The number of halogens is 6. The predicted molar refractivity (Wildman–Crippen MR) is 170 cm³/mol. The Labute approximate surface area is 280 Å². The van der Waals surface area contributed by atoms with E-state index in [1.54, 1.807) is 25.1 Å². The largest absolute Gasteiger partial charge is 0.433 e. The van der Waals surface area contributed by atoms with E-state index in [-0.39, 0.29) is 44.8 Å². The first-order chi connectivity index (χ1) is 22.0. The molecular formula is C31H25BrClF4N3O6S. The number of pyridine rings is 1. The van der Waals surface area contributed by atoms with E-state index in [0.29, 0.717) is 15.6 Å². The van der Waals surface area contributed by atoms with Crippen molar-refractivity contribution in [3.05, 3.63) is 92.0 Å². The number of fused-ring (bicyclic) bond motifs is 2. The van der Waals surface area contributed by atoms with Crippen LogP contribution in [-0.4, -0.2) is 38.4 Å². The summed E-state index contributed by atoms with van der Waals surface area (Å²) in [6.07, 6.45) is 1.25. The fraction of sp³-hybridized carbons (Fsp3) is 0.258. The van der Waals surface area contributed by atoms with Crippen molar-refractivity contribution in [2.75, 3.05) is 4.90 Å². The number of carbonyl (C=O) groups excluding carboxylic acids is 2. The second-order valence-electron chi connectivity index (χ2n) is 11.1. The number of ether oxygens (including phenoxy) is 2. The lowest BCUT2D eigenvalue weighted by molar-refractivity contribution is -0.123. The summed E-state index contributed by atoms with van der Waals surface area (Å²) >= 11 is 9.60. The Hall–Kier alpha value is -3.95. The van der Waals surface area contributed by atoms with Crippen molar-refractivity contribution in [3.8, 4) is 11.5 Å². The Morgan fingerprint density at radius 3 is 2.43 bits per heavy atom. The molecule has 0 spiro atoms. The maximum Gasteiger partial charge on any atom is 0.387 e. The number of anilines is 1. The molecule has 47 heavy (non-hydrogen) atoms. The molecule has 5 rings (SSSR count). The number of rotatable bonds is 10. The molecular weight excluding hydrogens is 734 g/mol. The van der Waals surface area contributed by atoms with Crippen LogP contribution in [0.3, 0.4) is 0 Å². The topological polar surface area (TPSA) is 115 Å². The van der Waals surface area contributed by atoms with E-state index >= 15 is 0 Å². The molecule has 1 N–H and O–H groups in total. The maximum atomic E-state index is 13.7. The van der Waals surface area contributed by atoms with E-state index in [4.69, 9.17) is 21.1 Å². The number of hydrogen-bond acceptors (Lipinski definition) is 7. The zero-order valence-corrected chi connectivity index (χ0v) is 27.9. The van der Waals surface area contributed by atoms with Crippen LogP contribution in [0.15, 0.2) is 59.2 Å². The molecule has 0 aliphatic carbocycles. The molecule has 0 unspecified atom stereocenters. The van der Waals surface area contributed by atoms with Gasteiger partial charge in [0.05, 0.1) is 23.3 Å². The molecule has 1 aliphatic rings. The van der Waals surface area contributed by atoms with E-state index in [0.717, 1.165) is 4.90 Å². The SMILES string of the molecule is Cc1cc(CS(=O)(=O)NC(=O)C(C)(C)c2cc(Br)ccc2Cl)ccc1N1Cc2c(c(OC(F)F)c3cccnc3c2OC(F)F)C1=O. The molecule has 9 nitrogen and oxygen atoms in total. The van der Waals surface area contributed by atoms with Crippen molar-refractivity contribution in [2.45, 2.75) is 51.7 Å². The van der Waals surface area contributed by atoms with Crippen LogP contribution in [0, 0.1) is 6.92 Å². The van der Waals surface area contributed by atoms with Gasteiger partial charge >= 0.3 is 13.2 Å². The van der Waals surface area contributed by atoms with Crippen molar-refractivity contribution in [3.63, 3.8) is 0 Å². The van der Waals surface area contributed by atoms with Crippen molar-refractivity contribution in [1.29, 1.82) is 0 Å². The average molecular weight is 759 g/mol. The van der Waals surface area contributed by atoms with Gasteiger partial charge in [0.15, 0.2) is 5.75 Å². The number of sulfonamides is 1. The predicted octanol–water partition coefficient (Wildman–Crippen LogP) is 7.25. The summed E-state index contributed by atoms with van der Waals surface area (Å²) in [6.45, 7) is -2.37. The molecule has 2 amide bonds. The smallest absolute Gasteiger partial charge is 0.387 e. The molecule has 0 atom stereocenters. The Morgan fingerprint density at radius 2 is 1.77 bits per heavy atom. The van der Waals surface area contributed by atoms with Crippen LogP contribution < -0.4 is 19.1 Å². The molecule has 16 heteroatoms. The van der Waals surface area contributed by atoms with Gasteiger partial charge in [-0.2, -0.15) is 17.6 Å². The number of nitrogens with one attached hydrogen (secondary N) is 1. The number of carbonyl (C=O) groups is 2.